The second kappa shape index (κ2) is 5.36. The molecule has 0 saturated carbocycles. The van der Waals surface area contributed by atoms with E-state index in [1.165, 1.54) is 13.2 Å². The number of methoxy groups -OCH3 is 1. The maximum Gasteiger partial charge on any atom is 0.132 e. The Balaban J connectivity index is 2.40. The lowest BCUT2D eigenvalue weighted by molar-refractivity contribution is 0.214. The van der Waals surface area contributed by atoms with Crippen molar-refractivity contribution in [3.05, 3.63) is 64.7 Å². The van der Waals surface area contributed by atoms with Crippen molar-refractivity contribution < 1.29 is 18.6 Å². The van der Waals surface area contributed by atoms with Crippen LogP contribution in [0, 0.1) is 18.6 Å². The van der Waals surface area contributed by atoms with Gasteiger partial charge in [0.15, 0.2) is 0 Å². The van der Waals surface area contributed by atoms with Gasteiger partial charge < -0.3 is 9.84 Å². The van der Waals surface area contributed by atoms with E-state index in [2.05, 4.69) is 0 Å². The van der Waals surface area contributed by atoms with Crippen LogP contribution in [0.5, 0.6) is 5.75 Å². The van der Waals surface area contributed by atoms with Gasteiger partial charge in [-0.15, -0.1) is 0 Å². The number of aliphatic hydroxyl groups excluding tert-OH is 1. The Hall–Kier alpha value is -1.94. The molecule has 100 valence electrons. The lowest BCUT2D eigenvalue weighted by Crippen LogP contribution is -2.03. The number of hydrogen-bond donors (Lipinski definition) is 1. The molecule has 1 N–H and O–H groups in total. The SMILES string of the molecule is COc1cc(C(O)c2ccc(F)cc2F)ccc1C. The molecule has 0 amide bonds. The zero-order valence-electron chi connectivity index (χ0n) is 10.7. The van der Waals surface area contributed by atoms with Gasteiger partial charge >= 0.3 is 0 Å². The van der Waals surface area contributed by atoms with Gasteiger partial charge in [-0.25, -0.2) is 8.78 Å². The predicted molar refractivity (Wildman–Crippen MR) is 68.2 cm³/mol. The first-order chi connectivity index (χ1) is 9.02. The molecular weight excluding hydrogens is 250 g/mol. The largest absolute Gasteiger partial charge is 0.496 e. The van der Waals surface area contributed by atoms with Crippen molar-refractivity contribution in [2.45, 2.75) is 13.0 Å². The highest BCUT2D eigenvalue weighted by molar-refractivity contribution is 5.40. The molecule has 2 aromatic rings. The van der Waals surface area contributed by atoms with Gasteiger partial charge in [0.1, 0.15) is 23.5 Å². The molecular formula is C15H14F2O2. The standard InChI is InChI=1S/C15H14F2O2/c1-9-3-4-10(7-14(9)19-2)15(18)12-6-5-11(16)8-13(12)17/h3-8,15,18H,1-2H3. The molecule has 0 bridgehead atoms. The number of benzene rings is 2. The number of aliphatic hydroxyl groups is 1. The number of rotatable bonds is 3. The lowest BCUT2D eigenvalue weighted by atomic mass is 9.99. The molecule has 0 aliphatic heterocycles. The highest BCUT2D eigenvalue weighted by Crippen LogP contribution is 2.28. The maximum absolute atomic E-state index is 13.6. The molecule has 2 nitrogen and oxygen atoms in total. The van der Waals surface area contributed by atoms with Crippen molar-refractivity contribution >= 4 is 0 Å². The third kappa shape index (κ3) is 2.74. The lowest BCUT2D eigenvalue weighted by Gasteiger charge is -2.14. The maximum atomic E-state index is 13.6. The molecule has 0 heterocycles. The van der Waals surface area contributed by atoms with Gasteiger partial charge in [0, 0.05) is 11.6 Å². The van der Waals surface area contributed by atoms with Gasteiger partial charge in [0.2, 0.25) is 0 Å². The molecule has 2 aromatic carbocycles. The Morgan fingerprint density at radius 3 is 2.47 bits per heavy atom. The van der Waals surface area contributed by atoms with Crippen LogP contribution in [-0.4, -0.2) is 12.2 Å². The molecule has 1 unspecified atom stereocenters. The number of halogens is 2. The van der Waals surface area contributed by atoms with E-state index in [9.17, 15) is 13.9 Å². The normalized spacial score (nSPS) is 12.3. The Kier molecular flexibility index (Phi) is 3.81. The predicted octanol–water partition coefficient (Wildman–Crippen LogP) is 3.36. The topological polar surface area (TPSA) is 29.5 Å². The van der Waals surface area contributed by atoms with E-state index in [4.69, 9.17) is 4.74 Å². The van der Waals surface area contributed by atoms with E-state index < -0.39 is 17.7 Å². The summed E-state index contributed by atoms with van der Waals surface area (Å²) in [6.45, 7) is 1.87. The summed E-state index contributed by atoms with van der Waals surface area (Å²) in [6.07, 6.45) is -1.16. The van der Waals surface area contributed by atoms with Crippen LogP contribution in [0.1, 0.15) is 22.8 Å². The Morgan fingerprint density at radius 1 is 1.11 bits per heavy atom. The summed E-state index contributed by atoms with van der Waals surface area (Å²) < 4.78 is 31.6. The molecule has 19 heavy (non-hydrogen) atoms. The Morgan fingerprint density at radius 2 is 1.84 bits per heavy atom. The van der Waals surface area contributed by atoms with E-state index >= 15 is 0 Å². The summed E-state index contributed by atoms with van der Waals surface area (Å²) in [4.78, 5) is 0. The van der Waals surface area contributed by atoms with Crippen LogP contribution in [0.3, 0.4) is 0 Å². The second-order valence-electron chi connectivity index (χ2n) is 4.30. The minimum Gasteiger partial charge on any atom is -0.496 e. The molecule has 0 saturated heterocycles. The minimum absolute atomic E-state index is 0.0345. The molecule has 0 fully saturated rings. The van der Waals surface area contributed by atoms with Crippen molar-refractivity contribution in [3.63, 3.8) is 0 Å². The first kappa shape index (κ1) is 13.5. The van der Waals surface area contributed by atoms with E-state index in [0.29, 0.717) is 11.3 Å². The average molecular weight is 264 g/mol. The molecule has 4 heteroatoms. The summed E-state index contributed by atoms with van der Waals surface area (Å²) >= 11 is 0. The van der Waals surface area contributed by atoms with Gasteiger partial charge in [-0.3, -0.25) is 0 Å². The van der Waals surface area contributed by atoms with Gasteiger partial charge in [0.25, 0.3) is 0 Å². The van der Waals surface area contributed by atoms with Crippen LogP contribution in [0.2, 0.25) is 0 Å². The molecule has 0 radical (unpaired) electrons. The Bertz CT molecular complexity index is 597. The number of aryl methyl sites for hydroxylation is 1. The van der Waals surface area contributed by atoms with Crippen LogP contribution in [0.15, 0.2) is 36.4 Å². The minimum atomic E-state index is -1.16. The molecule has 0 aliphatic carbocycles. The fraction of sp³-hybridized carbons (Fsp3) is 0.200. The van der Waals surface area contributed by atoms with E-state index in [1.807, 2.05) is 6.92 Å². The zero-order chi connectivity index (χ0) is 14.0. The quantitative estimate of drug-likeness (QED) is 0.921. The van der Waals surface area contributed by atoms with Gasteiger partial charge in [-0.05, 0) is 30.2 Å². The summed E-state index contributed by atoms with van der Waals surface area (Å²) in [5, 5.41) is 10.2. The van der Waals surface area contributed by atoms with Crippen LogP contribution >= 0.6 is 0 Å². The van der Waals surface area contributed by atoms with E-state index in [1.54, 1.807) is 18.2 Å². The first-order valence-corrected chi connectivity index (χ1v) is 5.80. The summed E-state index contributed by atoms with van der Waals surface area (Å²) in [6, 6.07) is 8.21. The van der Waals surface area contributed by atoms with E-state index in [-0.39, 0.29) is 5.56 Å². The highest BCUT2D eigenvalue weighted by atomic mass is 19.1. The van der Waals surface area contributed by atoms with E-state index in [0.717, 1.165) is 17.7 Å². The van der Waals surface area contributed by atoms with Gasteiger partial charge in [-0.1, -0.05) is 18.2 Å². The molecule has 0 aromatic heterocycles. The molecule has 2 rings (SSSR count). The van der Waals surface area contributed by atoms with Crippen molar-refractivity contribution in [1.82, 2.24) is 0 Å². The number of hydrogen-bond acceptors (Lipinski definition) is 2. The summed E-state index contributed by atoms with van der Waals surface area (Å²) in [7, 11) is 1.52. The molecule has 0 spiro atoms. The summed E-state index contributed by atoms with van der Waals surface area (Å²) in [5.41, 5.74) is 1.44. The van der Waals surface area contributed by atoms with Crippen molar-refractivity contribution in [2.75, 3.05) is 7.11 Å². The molecule has 0 aliphatic rings. The monoisotopic (exact) mass is 264 g/mol. The first-order valence-electron chi connectivity index (χ1n) is 5.80. The smallest absolute Gasteiger partial charge is 0.132 e. The Labute approximate surface area is 110 Å². The van der Waals surface area contributed by atoms with Crippen LogP contribution in [-0.2, 0) is 0 Å². The van der Waals surface area contributed by atoms with Crippen LogP contribution in [0.4, 0.5) is 8.78 Å². The highest BCUT2D eigenvalue weighted by Gasteiger charge is 2.16. The molecule has 1 atom stereocenters. The fourth-order valence-corrected chi connectivity index (χ4v) is 1.91. The van der Waals surface area contributed by atoms with Gasteiger partial charge in [0.05, 0.1) is 7.11 Å². The van der Waals surface area contributed by atoms with Crippen molar-refractivity contribution in [2.24, 2.45) is 0 Å². The second-order valence-corrected chi connectivity index (χ2v) is 4.30. The number of ether oxygens (including phenoxy) is 1. The van der Waals surface area contributed by atoms with Gasteiger partial charge in [-0.2, -0.15) is 0 Å². The fourth-order valence-electron chi connectivity index (χ4n) is 1.91. The summed E-state index contributed by atoms with van der Waals surface area (Å²) in [5.74, 6) is -0.832. The van der Waals surface area contributed by atoms with Crippen molar-refractivity contribution in [3.8, 4) is 5.75 Å². The third-order valence-electron chi connectivity index (χ3n) is 3.00. The third-order valence-corrected chi connectivity index (χ3v) is 3.00. The average Bonchev–Trinajstić information content (AvgIpc) is 2.38. The van der Waals surface area contributed by atoms with Crippen LogP contribution in [0.25, 0.3) is 0 Å². The van der Waals surface area contributed by atoms with Crippen LogP contribution < -0.4 is 4.74 Å². The van der Waals surface area contributed by atoms with Crippen molar-refractivity contribution in [1.29, 1.82) is 0 Å². The zero-order valence-corrected chi connectivity index (χ0v) is 10.7.